The zero-order valence-electron chi connectivity index (χ0n) is 18.4. The van der Waals surface area contributed by atoms with E-state index < -0.39 is 0 Å². The van der Waals surface area contributed by atoms with E-state index in [1.165, 1.54) is 32.4 Å². The topological polar surface area (TPSA) is 81.7 Å². The van der Waals surface area contributed by atoms with Crippen LogP contribution in [0.15, 0.2) is 42.7 Å². The van der Waals surface area contributed by atoms with E-state index in [0.717, 1.165) is 41.5 Å². The Bertz CT molecular complexity index is 1170. The summed E-state index contributed by atoms with van der Waals surface area (Å²) in [5, 5.41) is 8.08. The van der Waals surface area contributed by atoms with Gasteiger partial charge < -0.3 is 24.3 Å². The quantitative estimate of drug-likeness (QED) is 0.405. The number of nitrogens with zero attached hydrogens (tertiary/aromatic N) is 6. The van der Waals surface area contributed by atoms with Gasteiger partial charge in [-0.3, -0.25) is 0 Å². The molecule has 1 aliphatic heterocycles. The van der Waals surface area contributed by atoms with E-state index in [2.05, 4.69) is 20.3 Å². The Morgan fingerprint density at radius 3 is 2.69 bits per heavy atom. The number of likely N-dealkylation sites (tertiary alicyclic amines) is 1. The maximum absolute atomic E-state index is 5.82. The van der Waals surface area contributed by atoms with Crippen molar-refractivity contribution in [2.24, 2.45) is 7.05 Å². The number of para-hydroxylation sites is 1. The average Bonchev–Trinajstić information content (AvgIpc) is 3.41. The summed E-state index contributed by atoms with van der Waals surface area (Å²) in [4.78, 5) is 11.8. The summed E-state index contributed by atoms with van der Waals surface area (Å²) in [5.74, 6) is 2.12. The van der Waals surface area contributed by atoms with Crippen molar-refractivity contribution >= 4 is 22.6 Å². The molecule has 1 N–H and O–H groups in total. The van der Waals surface area contributed by atoms with Crippen LogP contribution in [0.2, 0.25) is 0 Å². The number of piperidine rings is 1. The van der Waals surface area contributed by atoms with Crippen LogP contribution in [0.25, 0.3) is 16.8 Å². The number of rotatable bonds is 9. The predicted molar refractivity (Wildman–Crippen MR) is 123 cm³/mol. The first-order chi connectivity index (χ1) is 15.8. The first-order valence-corrected chi connectivity index (χ1v) is 11.3. The normalized spacial score (nSPS) is 14.8. The molecule has 0 radical (unpaired) electrons. The van der Waals surface area contributed by atoms with Crippen LogP contribution >= 0.6 is 0 Å². The summed E-state index contributed by atoms with van der Waals surface area (Å²) < 4.78 is 15.3. The van der Waals surface area contributed by atoms with Crippen LogP contribution < -0.4 is 14.8 Å². The molecule has 9 nitrogen and oxygen atoms in total. The Hall–Kier alpha value is -3.33. The van der Waals surface area contributed by atoms with Crippen molar-refractivity contribution in [1.29, 1.82) is 0 Å². The molecule has 1 aliphatic rings. The summed E-state index contributed by atoms with van der Waals surface area (Å²) in [6.45, 7) is 5.05. The van der Waals surface area contributed by atoms with Gasteiger partial charge in [0.05, 0.1) is 6.33 Å². The minimum absolute atomic E-state index is 0.397. The van der Waals surface area contributed by atoms with E-state index >= 15 is 0 Å². The molecular formula is C23H29N7O2. The molecule has 0 bridgehead atoms. The van der Waals surface area contributed by atoms with Gasteiger partial charge in [0, 0.05) is 26.2 Å². The summed E-state index contributed by atoms with van der Waals surface area (Å²) in [6, 6.07) is 11.6. The Balaban J connectivity index is 1.27. The van der Waals surface area contributed by atoms with E-state index in [1.54, 1.807) is 10.8 Å². The number of aromatic nitrogens is 5. The lowest BCUT2D eigenvalue weighted by atomic mass is 10.1. The standard InChI is InChI=1S/C23H29N7O2/c1-28-17-25-21-22(24-10-13-29-11-6-3-7-12-29)26-19-16-20(27-30(19)23(21)28)32-15-14-31-18-8-4-2-5-9-18/h2,4-5,8-9,16-17H,3,6-7,10-15H2,1H3,(H,24,26). The minimum Gasteiger partial charge on any atom is -0.490 e. The van der Waals surface area contributed by atoms with Crippen molar-refractivity contribution in [3.63, 3.8) is 0 Å². The van der Waals surface area contributed by atoms with Gasteiger partial charge in [-0.2, -0.15) is 4.52 Å². The van der Waals surface area contributed by atoms with Gasteiger partial charge in [-0.1, -0.05) is 24.6 Å². The number of hydrogen-bond acceptors (Lipinski definition) is 7. The molecular weight excluding hydrogens is 406 g/mol. The highest BCUT2D eigenvalue weighted by Crippen LogP contribution is 2.24. The molecule has 0 amide bonds. The molecule has 0 aliphatic carbocycles. The van der Waals surface area contributed by atoms with Gasteiger partial charge in [0.1, 0.15) is 19.0 Å². The highest BCUT2D eigenvalue weighted by Gasteiger charge is 2.16. The van der Waals surface area contributed by atoms with Crippen LogP contribution in [0.1, 0.15) is 19.3 Å². The summed E-state index contributed by atoms with van der Waals surface area (Å²) in [5.41, 5.74) is 2.41. The summed E-state index contributed by atoms with van der Waals surface area (Å²) >= 11 is 0. The van der Waals surface area contributed by atoms with E-state index in [1.807, 2.05) is 48.0 Å². The number of fused-ring (bicyclic) bond motifs is 3. The zero-order valence-corrected chi connectivity index (χ0v) is 18.4. The van der Waals surface area contributed by atoms with Gasteiger partial charge in [0.15, 0.2) is 22.6 Å². The van der Waals surface area contributed by atoms with E-state index in [0.29, 0.717) is 19.1 Å². The molecule has 9 heteroatoms. The number of benzene rings is 1. The second-order valence-corrected chi connectivity index (χ2v) is 8.08. The van der Waals surface area contributed by atoms with E-state index in [9.17, 15) is 0 Å². The SMILES string of the molecule is Cn1cnc2c(NCCN3CCCCC3)nc3cc(OCCOc4ccccc4)nn3c21. The highest BCUT2D eigenvalue weighted by molar-refractivity contribution is 5.85. The largest absolute Gasteiger partial charge is 0.490 e. The molecule has 168 valence electrons. The smallest absolute Gasteiger partial charge is 0.235 e. The maximum Gasteiger partial charge on any atom is 0.235 e. The molecule has 1 saturated heterocycles. The summed E-state index contributed by atoms with van der Waals surface area (Å²) in [7, 11) is 1.96. The molecule has 1 fully saturated rings. The molecule has 4 aromatic rings. The zero-order chi connectivity index (χ0) is 21.8. The van der Waals surface area contributed by atoms with Crippen molar-refractivity contribution in [3.05, 3.63) is 42.7 Å². The summed E-state index contributed by atoms with van der Waals surface area (Å²) in [6.07, 6.45) is 5.73. The number of ether oxygens (including phenoxy) is 2. The van der Waals surface area contributed by atoms with E-state index in [-0.39, 0.29) is 0 Å². The second kappa shape index (κ2) is 9.44. The minimum atomic E-state index is 0.397. The van der Waals surface area contributed by atoms with Gasteiger partial charge in [-0.05, 0) is 38.1 Å². The monoisotopic (exact) mass is 435 g/mol. The predicted octanol–water partition coefficient (Wildman–Crippen LogP) is 2.97. The maximum atomic E-state index is 5.82. The first kappa shape index (κ1) is 20.6. The number of imidazole rings is 1. The molecule has 0 atom stereocenters. The van der Waals surface area contributed by atoms with Crippen LogP contribution in [0, 0.1) is 0 Å². The van der Waals surface area contributed by atoms with Crippen molar-refractivity contribution in [2.75, 3.05) is 44.7 Å². The van der Waals surface area contributed by atoms with Gasteiger partial charge in [-0.15, -0.1) is 5.10 Å². The number of hydrogen-bond donors (Lipinski definition) is 1. The molecule has 0 unspecified atom stereocenters. The number of anilines is 1. The van der Waals surface area contributed by atoms with E-state index in [4.69, 9.17) is 14.5 Å². The third kappa shape index (κ3) is 4.47. The average molecular weight is 436 g/mol. The Kier molecular flexibility index (Phi) is 6.06. The Morgan fingerprint density at radius 1 is 1.03 bits per heavy atom. The van der Waals surface area contributed by atoms with Crippen LogP contribution in [0.3, 0.4) is 0 Å². The lowest BCUT2D eigenvalue weighted by molar-refractivity contribution is 0.211. The molecule has 5 rings (SSSR count). The highest BCUT2D eigenvalue weighted by atomic mass is 16.5. The third-order valence-electron chi connectivity index (χ3n) is 5.74. The van der Waals surface area contributed by atoms with Crippen LogP contribution in [-0.2, 0) is 7.05 Å². The van der Waals surface area contributed by atoms with Crippen molar-refractivity contribution < 1.29 is 9.47 Å². The number of nitrogens with one attached hydrogen (secondary N) is 1. The lowest BCUT2D eigenvalue weighted by Gasteiger charge is -2.26. The molecule has 4 heterocycles. The molecule has 32 heavy (non-hydrogen) atoms. The Morgan fingerprint density at radius 2 is 1.84 bits per heavy atom. The fourth-order valence-corrected chi connectivity index (χ4v) is 4.13. The van der Waals surface area contributed by atoms with Crippen molar-refractivity contribution in [1.82, 2.24) is 29.0 Å². The van der Waals surface area contributed by atoms with Crippen LogP contribution in [0.5, 0.6) is 11.6 Å². The third-order valence-corrected chi connectivity index (χ3v) is 5.74. The van der Waals surface area contributed by atoms with Gasteiger partial charge in [0.25, 0.3) is 0 Å². The lowest BCUT2D eigenvalue weighted by Crippen LogP contribution is -2.33. The van der Waals surface area contributed by atoms with Crippen LogP contribution in [0.4, 0.5) is 5.82 Å². The molecule has 0 saturated carbocycles. The fourth-order valence-electron chi connectivity index (χ4n) is 4.13. The number of aryl methyl sites for hydroxylation is 1. The van der Waals surface area contributed by atoms with Crippen molar-refractivity contribution in [3.8, 4) is 11.6 Å². The molecule has 0 spiro atoms. The molecule has 1 aromatic carbocycles. The van der Waals surface area contributed by atoms with Gasteiger partial charge >= 0.3 is 0 Å². The van der Waals surface area contributed by atoms with Gasteiger partial charge in [0.2, 0.25) is 5.88 Å². The van der Waals surface area contributed by atoms with Crippen molar-refractivity contribution in [2.45, 2.75) is 19.3 Å². The second-order valence-electron chi connectivity index (χ2n) is 8.08. The fraction of sp³-hybridized carbons (Fsp3) is 0.435. The van der Waals surface area contributed by atoms with Gasteiger partial charge in [-0.25, -0.2) is 9.97 Å². The van der Waals surface area contributed by atoms with Crippen LogP contribution in [-0.4, -0.2) is 68.4 Å². The molecule has 3 aromatic heterocycles. The Labute approximate surface area is 187 Å². The first-order valence-electron chi connectivity index (χ1n) is 11.3.